The molecule has 4 heteroatoms. The Morgan fingerprint density at radius 3 is 2.39 bits per heavy atom. The summed E-state index contributed by atoms with van der Waals surface area (Å²) in [5.74, 6) is 0. The fourth-order valence-corrected chi connectivity index (χ4v) is 2.91. The van der Waals surface area contributed by atoms with Gasteiger partial charge >= 0.3 is 0 Å². The van der Waals surface area contributed by atoms with E-state index >= 15 is 0 Å². The van der Waals surface area contributed by atoms with Crippen LogP contribution >= 0.6 is 31.9 Å². The van der Waals surface area contributed by atoms with Crippen LogP contribution < -0.4 is 5.32 Å². The number of hydrogen-bond donors (Lipinski definition) is 1. The Hall–Kier alpha value is 0.1000. The van der Waals surface area contributed by atoms with Gasteiger partial charge in [0.1, 0.15) is 0 Å². The maximum atomic E-state index is 3.62. The van der Waals surface area contributed by atoms with Crippen LogP contribution in [0.15, 0.2) is 27.1 Å². The Morgan fingerprint density at radius 1 is 1.28 bits per heavy atom. The third kappa shape index (κ3) is 4.34. The van der Waals surface area contributed by atoms with Crippen LogP contribution in [-0.4, -0.2) is 31.1 Å². The van der Waals surface area contributed by atoms with E-state index in [0.29, 0.717) is 6.04 Å². The topological polar surface area (TPSA) is 15.3 Å². The third-order valence-corrected chi connectivity index (χ3v) is 4.66. The summed E-state index contributed by atoms with van der Waals surface area (Å²) < 4.78 is 2.23. The Labute approximate surface area is 127 Å². The average molecular weight is 378 g/mol. The van der Waals surface area contributed by atoms with Crippen molar-refractivity contribution < 1.29 is 0 Å². The maximum absolute atomic E-state index is 3.62. The monoisotopic (exact) mass is 376 g/mol. The predicted molar refractivity (Wildman–Crippen MR) is 86.0 cm³/mol. The van der Waals surface area contributed by atoms with Crippen molar-refractivity contribution in [3.05, 3.63) is 32.7 Å². The van der Waals surface area contributed by atoms with Crippen molar-refractivity contribution in [3.8, 4) is 0 Å². The van der Waals surface area contributed by atoms with Gasteiger partial charge in [-0.25, -0.2) is 0 Å². The summed E-state index contributed by atoms with van der Waals surface area (Å²) in [4.78, 5) is 2.24. The molecule has 0 saturated carbocycles. The zero-order chi connectivity index (χ0) is 13.9. The lowest BCUT2D eigenvalue weighted by molar-refractivity contribution is 0.185. The van der Waals surface area contributed by atoms with Crippen molar-refractivity contribution >= 4 is 31.9 Å². The second-order valence-corrected chi connectivity index (χ2v) is 7.25. The zero-order valence-electron chi connectivity index (χ0n) is 11.7. The molecule has 0 aliphatic carbocycles. The number of likely N-dealkylation sites (N-methyl/N-ethyl adjacent to an activating group) is 1. The molecule has 1 aromatic carbocycles. The zero-order valence-corrected chi connectivity index (χ0v) is 14.9. The minimum absolute atomic E-state index is 0.149. The molecule has 102 valence electrons. The molecule has 1 aromatic rings. The molecule has 1 unspecified atom stereocenters. The lowest BCUT2D eigenvalue weighted by Crippen LogP contribution is -2.47. The summed E-state index contributed by atoms with van der Waals surface area (Å²) in [5, 5.41) is 3.59. The minimum Gasteiger partial charge on any atom is -0.308 e. The van der Waals surface area contributed by atoms with Crippen molar-refractivity contribution in [1.82, 2.24) is 10.2 Å². The second kappa shape index (κ2) is 6.51. The normalized spacial score (nSPS) is 14.0. The molecular formula is C14H22Br2N2. The number of nitrogens with one attached hydrogen (secondary N) is 1. The molecule has 0 aliphatic rings. The highest BCUT2D eigenvalue weighted by molar-refractivity contribution is 9.11. The van der Waals surface area contributed by atoms with Gasteiger partial charge in [0.05, 0.1) is 0 Å². The molecule has 0 fully saturated rings. The Morgan fingerprint density at radius 2 is 1.89 bits per heavy atom. The van der Waals surface area contributed by atoms with Crippen molar-refractivity contribution in [3.63, 3.8) is 0 Å². The van der Waals surface area contributed by atoms with Crippen molar-refractivity contribution in [1.29, 1.82) is 0 Å². The molecule has 0 saturated heterocycles. The first-order chi connectivity index (χ1) is 8.24. The molecule has 2 nitrogen and oxygen atoms in total. The molecule has 0 bridgehead atoms. The summed E-state index contributed by atoms with van der Waals surface area (Å²) >= 11 is 7.09. The van der Waals surface area contributed by atoms with Gasteiger partial charge in [0.2, 0.25) is 0 Å². The molecule has 1 rings (SSSR count). The first-order valence-corrected chi connectivity index (χ1v) is 7.68. The van der Waals surface area contributed by atoms with E-state index < -0.39 is 0 Å². The summed E-state index contributed by atoms with van der Waals surface area (Å²) in [5.41, 5.74) is 1.43. The highest BCUT2D eigenvalue weighted by Crippen LogP contribution is 2.27. The number of rotatable bonds is 5. The first kappa shape index (κ1) is 16.2. The first-order valence-electron chi connectivity index (χ1n) is 6.10. The molecule has 0 aromatic heterocycles. The molecule has 0 amide bonds. The van der Waals surface area contributed by atoms with Crippen molar-refractivity contribution in [2.75, 3.05) is 20.6 Å². The van der Waals surface area contributed by atoms with Crippen molar-refractivity contribution in [2.24, 2.45) is 0 Å². The number of benzene rings is 1. The highest BCUT2D eigenvalue weighted by Gasteiger charge is 2.21. The fraction of sp³-hybridized carbons (Fsp3) is 0.571. The van der Waals surface area contributed by atoms with Gasteiger partial charge in [-0.1, -0.05) is 37.9 Å². The van der Waals surface area contributed by atoms with E-state index in [2.05, 4.69) is 95.1 Å². The molecule has 1 N–H and O–H groups in total. The Kier molecular flexibility index (Phi) is 5.84. The quantitative estimate of drug-likeness (QED) is 0.826. The fourth-order valence-electron chi connectivity index (χ4n) is 1.52. The van der Waals surface area contributed by atoms with E-state index in [0.717, 1.165) is 15.5 Å². The summed E-state index contributed by atoms with van der Waals surface area (Å²) in [6.45, 7) is 7.62. The van der Waals surface area contributed by atoms with Gasteiger partial charge in [-0.2, -0.15) is 0 Å². The molecule has 0 radical (unpaired) electrons. The van der Waals surface area contributed by atoms with Crippen LogP contribution in [0, 0.1) is 0 Å². The lowest BCUT2D eigenvalue weighted by Gasteiger charge is -2.34. The van der Waals surface area contributed by atoms with Crippen LogP contribution in [0.1, 0.15) is 32.4 Å². The average Bonchev–Trinajstić information content (AvgIpc) is 2.25. The van der Waals surface area contributed by atoms with Crippen LogP contribution in [-0.2, 0) is 0 Å². The number of nitrogens with zero attached hydrogens (tertiary/aromatic N) is 1. The summed E-state index contributed by atoms with van der Waals surface area (Å²) in [6, 6.07) is 6.64. The number of halogens is 2. The van der Waals surface area contributed by atoms with Crippen LogP contribution in [0.2, 0.25) is 0 Å². The Bertz CT molecular complexity index is 403. The van der Waals surface area contributed by atoms with Crippen LogP contribution in [0.4, 0.5) is 0 Å². The standard InChI is InChI=1S/C14H22Br2N2/c1-10(17-9-14(2,3)18(4)5)12-7-6-11(15)8-13(12)16/h6-8,10,17H,9H2,1-5H3. The van der Waals surface area contributed by atoms with E-state index in [1.165, 1.54) is 5.56 Å². The van der Waals surface area contributed by atoms with Gasteiger partial charge in [-0.3, -0.25) is 0 Å². The predicted octanol–water partition coefficient (Wildman–Crippen LogP) is 4.20. The minimum atomic E-state index is 0.149. The smallest absolute Gasteiger partial charge is 0.0303 e. The number of hydrogen-bond acceptors (Lipinski definition) is 2. The van der Waals surface area contributed by atoms with E-state index in [4.69, 9.17) is 0 Å². The van der Waals surface area contributed by atoms with E-state index in [1.807, 2.05) is 0 Å². The van der Waals surface area contributed by atoms with Gasteiger partial charge in [0, 0.05) is 27.1 Å². The highest BCUT2D eigenvalue weighted by atomic mass is 79.9. The Balaban J connectivity index is 2.69. The molecule has 0 heterocycles. The maximum Gasteiger partial charge on any atom is 0.0303 e. The van der Waals surface area contributed by atoms with E-state index in [-0.39, 0.29) is 5.54 Å². The van der Waals surface area contributed by atoms with Gasteiger partial charge in [-0.15, -0.1) is 0 Å². The van der Waals surface area contributed by atoms with Crippen LogP contribution in [0.5, 0.6) is 0 Å². The summed E-state index contributed by atoms with van der Waals surface area (Å²) in [7, 11) is 4.23. The SMILES string of the molecule is CC(NCC(C)(C)N(C)C)c1ccc(Br)cc1Br. The van der Waals surface area contributed by atoms with Crippen LogP contribution in [0.3, 0.4) is 0 Å². The van der Waals surface area contributed by atoms with Gasteiger partial charge < -0.3 is 10.2 Å². The summed E-state index contributed by atoms with van der Waals surface area (Å²) in [6.07, 6.45) is 0. The van der Waals surface area contributed by atoms with E-state index in [9.17, 15) is 0 Å². The molecular weight excluding hydrogens is 356 g/mol. The van der Waals surface area contributed by atoms with Gasteiger partial charge in [-0.05, 0) is 52.6 Å². The third-order valence-electron chi connectivity index (χ3n) is 3.48. The lowest BCUT2D eigenvalue weighted by atomic mass is 10.0. The molecule has 0 spiro atoms. The molecule has 1 atom stereocenters. The van der Waals surface area contributed by atoms with E-state index in [1.54, 1.807) is 0 Å². The molecule has 18 heavy (non-hydrogen) atoms. The van der Waals surface area contributed by atoms with Gasteiger partial charge in [0.15, 0.2) is 0 Å². The largest absolute Gasteiger partial charge is 0.308 e. The molecule has 0 aliphatic heterocycles. The van der Waals surface area contributed by atoms with Gasteiger partial charge in [0.25, 0.3) is 0 Å². The van der Waals surface area contributed by atoms with Crippen molar-refractivity contribution in [2.45, 2.75) is 32.4 Å². The van der Waals surface area contributed by atoms with Crippen LogP contribution in [0.25, 0.3) is 0 Å². The second-order valence-electron chi connectivity index (χ2n) is 5.48.